The second kappa shape index (κ2) is 13.2. The van der Waals surface area contributed by atoms with Crippen molar-refractivity contribution in [3.05, 3.63) is 194 Å². The first-order chi connectivity index (χ1) is 32.6. The lowest BCUT2D eigenvalue weighted by atomic mass is 9.93. The fraction of sp³-hybridized carbons (Fsp3) is 0. The summed E-state index contributed by atoms with van der Waals surface area (Å²) < 4.78 is 25.1. The maximum absolute atomic E-state index is 6.30. The van der Waals surface area contributed by atoms with Crippen molar-refractivity contribution < 1.29 is 17.7 Å². The SMILES string of the molecule is c1ccc2oc3ccc(-c4nc5c(ccc6cc(-c7ccc8oc9ccccc9c8c7)c(-c7ccc8oc9ccccc9c8c7)nc65)cc4-c4ccc5oc6ccccc6c5c4)cc3c2c#1. The van der Waals surface area contributed by atoms with Crippen molar-refractivity contribution in [3.63, 3.8) is 0 Å². The van der Waals surface area contributed by atoms with E-state index in [1.807, 2.05) is 54.6 Å². The minimum absolute atomic E-state index is 0.769. The zero-order chi connectivity index (χ0) is 43.0. The van der Waals surface area contributed by atoms with Gasteiger partial charge in [0.1, 0.15) is 44.7 Å². The Hall–Kier alpha value is -9.18. The van der Waals surface area contributed by atoms with Crippen LogP contribution in [0.25, 0.3) is 154 Å². The summed E-state index contributed by atoms with van der Waals surface area (Å²) in [5.74, 6) is 0. The molecule has 0 bridgehead atoms. The van der Waals surface area contributed by atoms with E-state index in [4.69, 9.17) is 27.6 Å². The lowest BCUT2D eigenvalue weighted by Gasteiger charge is -2.16. The van der Waals surface area contributed by atoms with E-state index in [1.165, 1.54) is 0 Å². The minimum atomic E-state index is 0.769. The molecule has 15 rings (SSSR count). The van der Waals surface area contributed by atoms with E-state index >= 15 is 0 Å². The number of hydrogen-bond acceptors (Lipinski definition) is 6. The highest BCUT2D eigenvalue weighted by molar-refractivity contribution is 6.13. The van der Waals surface area contributed by atoms with Gasteiger partial charge in [-0.05, 0) is 114 Å². The number of nitrogens with zero attached hydrogens (tertiary/aromatic N) is 2. The molecule has 6 heterocycles. The highest BCUT2D eigenvalue weighted by Gasteiger charge is 2.21. The third kappa shape index (κ3) is 5.14. The normalized spacial score (nSPS) is 12.1. The molecule has 6 heteroatoms. The molecule has 6 nitrogen and oxygen atoms in total. The Morgan fingerprint density at radius 2 is 0.712 bits per heavy atom. The first-order valence-electron chi connectivity index (χ1n) is 21.9. The fourth-order valence-corrected chi connectivity index (χ4v) is 10.2. The number of para-hydroxylation sites is 3. The average molecular weight is 843 g/mol. The number of benzene rings is 8. The molecule has 15 aromatic rings. The largest absolute Gasteiger partial charge is 0.456 e. The molecule has 0 radical (unpaired) electrons. The van der Waals surface area contributed by atoms with Crippen molar-refractivity contribution in [3.8, 4) is 44.8 Å². The third-order valence-corrected chi connectivity index (χ3v) is 13.3. The van der Waals surface area contributed by atoms with Gasteiger partial charge in [0.2, 0.25) is 0 Å². The molecule has 9 aromatic carbocycles. The number of fused-ring (bicyclic) bond motifs is 15. The van der Waals surface area contributed by atoms with Crippen LogP contribution >= 0.6 is 0 Å². The van der Waals surface area contributed by atoms with Crippen LogP contribution in [0, 0.1) is 12.1 Å². The van der Waals surface area contributed by atoms with E-state index in [9.17, 15) is 0 Å². The Morgan fingerprint density at radius 3 is 1.21 bits per heavy atom. The van der Waals surface area contributed by atoms with E-state index in [0.717, 1.165) is 154 Å². The van der Waals surface area contributed by atoms with Gasteiger partial charge in [-0.15, -0.1) is 0 Å². The molecule has 0 saturated carbocycles. The second-order valence-corrected chi connectivity index (χ2v) is 17.1. The third-order valence-electron chi connectivity index (χ3n) is 13.3. The van der Waals surface area contributed by atoms with Gasteiger partial charge in [-0.1, -0.05) is 91.0 Å². The van der Waals surface area contributed by atoms with Crippen LogP contribution < -0.4 is 0 Å². The molecule has 66 heavy (non-hydrogen) atoms. The van der Waals surface area contributed by atoms with Crippen molar-refractivity contribution >= 4 is 110 Å². The van der Waals surface area contributed by atoms with Crippen molar-refractivity contribution in [1.82, 2.24) is 9.97 Å². The lowest BCUT2D eigenvalue weighted by molar-refractivity contribution is 0.668. The molecule has 0 aliphatic carbocycles. The zero-order valence-corrected chi connectivity index (χ0v) is 34.8. The Kier molecular flexibility index (Phi) is 7.05. The predicted octanol–water partition coefficient (Wildman–Crippen LogP) is 16.6. The standard InChI is InChI=1S/C60H30N2O4/c1-5-13-49-39(9-1)45-27-33(19-23-53(45)63-49)43-29-37-17-18-38-30-44(34-20-24-54-46(28-34)40-10-2-6-14-50(40)64-54)58(36-22-26-56-48(32-36)42-12-4-8-16-52(42)66-56)62-60(38)59(37)61-57(43)35-21-25-55-47(31-35)41-11-3-7-15-51(41)65-55/h1-3,5-11,13-32H. The van der Waals surface area contributed by atoms with Crippen molar-refractivity contribution in [2.75, 3.05) is 0 Å². The molecule has 0 aliphatic rings. The van der Waals surface area contributed by atoms with Crippen LogP contribution in [0.15, 0.2) is 200 Å². The minimum Gasteiger partial charge on any atom is -0.456 e. The lowest BCUT2D eigenvalue weighted by Crippen LogP contribution is -1.96. The first kappa shape index (κ1) is 35.3. The van der Waals surface area contributed by atoms with Gasteiger partial charge in [-0.25, -0.2) is 9.97 Å². The van der Waals surface area contributed by atoms with E-state index in [2.05, 4.69) is 140 Å². The fourth-order valence-electron chi connectivity index (χ4n) is 10.2. The van der Waals surface area contributed by atoms with Gasteiger partial charge >= 0.3 is 0 Å². The molecule has 0 spiro atoms. The number of hydrogen-bond donors (Lipinski definition) is 0. The summed E-state index contributed by atoms with van der Waals surface area (Å²) in [7, 11) is 0. The Bertz CT molecular complexity index is 4260. The number of pyridine rings is 2. The van der Waals surface area contributed by atoms with Crippen LogP contribution in [-0.4, -0.2) is 9.97 Å². The maximum atomic E-state index is 6.30. The van der Waals surface area contributed by atoms with Crippen LogP contribution in [0.4, 0.5) is 0 Å². The molecule has 0 fully saturated rings. The number of furan rings is 4. The molecular weight excluding hydrogens is 813 g/mol. The smallest absolute Gasteiger partial charge is 0.144 e. The maximum Gasteiger partial charge on any atom is 0.144 e. The molecule has 0 saturated heterocycles. The quantitative estimate of drug-likeness (QED) is 0.164. The summed E-state index contributed by atoms with van der Waals surface area (Å²) in [5, 5.41) is 10.2. The molecule has 6 aromatic heterocycles. The van der Waals surface area contributed by atoms with Crippen LogP contribution in [0.5, 0.6) is 0 Å². The molecule has 0 atom stereocenters. The Labute approximate surface area is 374 Å². The van der Waals surface area contributed by atoms with E-state index in [1.54, 1.807) is 0 Å². The van der Waals surface area contributed by atoms with Crippen molar-refractivity contribution in [1.29, 1.82) is 0 Å². The Balaban J connectivity index is 1.01. The number of rotatable bonds is 4. The Morgan fingerprint density at radius 1 is 0.318 bits per heavy atom. The summed E-state index contributed by atoms with van der Waals surface area (Å²) in [4.78, 5) is 11.4. The van der Waals surface area contributed by atoms with Gasteiger partial charge in [-0.3, -0.25) is 0 Å². The zero-order valence-electron chi connectivity index (χ0n) is 34.8. The topological polar surface area (TPSA) is 78.3 Å². The monoisotopic (exact) mass is 842 g/mol. The second-order valence-electron chi connectivity index (χ2n) is 17.1. The number of aromatic nitrogens is 2. The first-order valence-corrected chi connectivity index (χ1v) is 21.9. The van der Waals surface area contributed by atoms with Gasteiger partial charge in [0.05, 0.1) is 27.8 Å². The molecule has 0 unspecified atom stereocenters. The highest BCUT2D eigenvalue weighted by Crippen LogP contribution is 2.43. The van der Waals surface area contributed by atoms with Crippen molar-refractivity contribution in [2.24, 2.45) is 0 Å². The highest BCUT2D eigenvalue weighted by atomic mass is 16.3. The van der Waals surface area contributed by atoms with Gasteiger partial charge < -0.3 is 17.7 Å². The molecule has 304 valence electrons. The average Bonchev–Trinajstić information content (AvgIpc) is 4.15. The van der Waals surface area contributed by atoms with E-state index in [0.29, 0.717) is 0 Å². The summed E-state index contributed by atoms with van der Waals surface area (Å²) in [6, 6.07) is 69.1. The van der Waals surface area contributed by atoms with Crippen LogP contribution in [0.3, 0.4) is 0 Å². The summed E-state index contributed by atoms with van der Waals surface area (Å²) in [6.07, 6.45) is 0. The summed E-state index contributed by atoms with van der Waals surface area (Å²) in [5.41, 5.74) is 15.9. The van der Waals surface area contributed by atoms with E-state index < -0.39 is 0 Å². The molecule has 0 amide bonds. The predicted molar refractivity (Wildman–Crippen MR) is 266 cm³/mol. The van der Waals surface area contributed by atoms with Gasteiger partial charge in [-0.2, -0.15) is 0 Å². The van der Waals surface area contributed by atoms with Gasteiger partial charge in [0.15, 0.2) is 0 Å². The van der Waals surface area contributed by atoms with E-state index in [-0.39, 0.29) is 0 Å². The van der Waals surface area contributed by atoms with Gasteiger partial charge in [0, 0.05) is 70.7 Å². The van der Waals surface area contributed by atoms with Gasteiger partial charge in [0.25, 0.3) is 0 Å². The summed E-state index contributed by atoms with van der Waals surface area (Å²) in [6.45, 7) is 0. The molecule has 0 aliphatic heterocycles. The van der Waals surface area contributed by atoms with Crippen molar-refractivity contribution in [2.45, 2.75) is 0 Å². The molecule has 0 N–H and O–H groups in total. The molecular formula is C60H30N2O4. The van der Waals surface area contributed by atoms with Crippen LogP contribution in [0.2, 0.25) is 0 Å². The van der Waals surface area contributed by atoms with Crippen LogP contribution in [0.1, 0.15) is 0 Å². The summed E-state index contributed by atoms with van der Waals surface area (Å²) >= 11 is 0. The van der Waals surface area contributed by atoms with Crippen LogP contribution in [-0.2, 0) is 0 Å².